The molecule has 1 amide bonds. The second kappa shape index (κ2) is 34.5. The molecule has 2 heterocycles. The van der Waals surface area contributed by atoms with Crippen molar-refractivity contribution in [1.29, 1.82) is 0 Å². The van der Waals surface area contributed by atoms with Gasteiger partial charge in [-0.3, -0.25) is 14.2 Å². The summed E-state index contributed by atoms with van der Waals surface area (Å²) >= 11 is 0. The van der Waals surface area contributed by atoms with Gasteiger partial charge in [0.1, 0.15) is 54.4 Å². The molecule has 0 bridgehead atoms. The SMILES string of the molecule is CC1(C)C(/C=C/C2=C(Oc3ccc(S(=O)(=O)[O-])cc3)C(=C/C=C3/N(CCCCS(=O)(=O)[O-])c4ccc(S(=O)(=O)[O-])cc4C3(C)C)/CCC2)=[N+](CCCCCC(=O)N[C@@H](CCP(=O)(O)CC(CCC(=O)[O-])C(=O)O)C(=O)O)c2ccc(S(=O)(=O)[O-])cc21.[Na+].[Na+].[Na+].[Na+]. The number of hydrogen-bond donors (Lipinski definition) is 4. The van der Waals surface area contributed by atoms with Gasteiger partial charge in [-0.15, -0.1) is 0 Å². The van der Waals surface area contributed by atoms with Crippen LogP contribution in [0.5, 0.6) is 5.75 Å². The summed E-state index contributed by atoms with van der Waals surface area (Å²) in [6.45, 7) is 7.72. The zero-order valence-corrected chi connectivity index (χ0v) is 63.5. The Balaban J connectivity index is 0.00000690. The maximum Gasteiger partial charge on any atom is 1.00 e. The molecule has 0 saturated carbocycles. The fourth-order valence-corrected chi connectivity index (χ4v) is 14.7. The second-order valence-corrected chi connectivity index (χ2v) is 30.4. The number of anilines is 1. The molecule has 6 rings (SSSR count). The first-order valence-corrected chi connectivity index (χ1v) is 35.0. The predicted molar refractivity (Wildman–Crippen MR) is 305 cm³/mol. The van der Waals surface area contributed by atoms with E-state index in [9.17, 15) is 95.8 Å². The number of nitrogens with zero attached hydrogens (tertiary/aromatic N) is 2. The quantitative estimate of drug-likeness (QED) is 0.0158. The van der Waals surface area contributed by atoms with Gasteiger partial charge in [-0.05, 0) is 162 Å². The number of ether oxygens (including phenoxy) is 1. The number of carboxylic acids is 3. The van der Waals surface area contributed by atoms with E-state index in [1.165, 1.54) is 48.5 Å². The first-order chi connectivity index (χ1) is 39.8. The molecule has 4 N–H and O–H groups in total. The van der Waals surface area contributed by atoms with Gasteiger partial charge >= 0.3 is 130 Å². The molecule has 3 aromatic carbocycles. The van der Waals surface area contributed by atoms with Crippen LogP contribution in [-0.4, -0.2) is 138 Å². The molecule has 0 radical (unpaired) electrons. The van der Waals surface area contributed by atoms with E-state index in [2.05, 4.69) is 5.32 Å². The number of allylic oxidation sites excluding steroid dienone is 7. The molecule has 3 atom stereocenters. The maximum atomic E-state index is 13.0. The van der Waals surface area contributed by atoms with E-state index in [0.29, 0.717) is 82.9 Å². The first-order valence-electron chi connectivity index (χ1n) is 27.2. The van der Waals surface area contributed by atoms with E-state index in [-0.39, 0.29) is 163 Å². The Morgan fingerprint density at radius 1 is 0.711 bits per heavy atom. The molecular formula is C56H66N3Na4O22PS4. The Labute approximate surface area is 613 Å². The van der Waals surface area contributed by atoms with Crippen molar-refractivity contribution in [2.24, 2.45) is 5.92 Å². The number of unbranched alkanes of at least 4 members (excludes halogenated alkanes) is 3. The number of carbonyl (C=O) groups is 4. The molecule has 0 spiro atoms. The van der Waals surface area contributed by atoms with Crippen LogP contribution in [0.2, 0.25) is 0 Å². The molecule has 3 aliphatic rings. The summed E-state index contributed by atoms with van der Waals surface area (Å²) in [4.78, 5) is 58.5. The zero-order chi connectivity index (χ0) is 64.0. The average Bonchev–Trinajstić information content (AvgIpc) is 1.59. The van der Waals surface area contributed by atoms with E-state index in [4.69, 9.17) is 4.74 Å². The number of carboxylic acid groups (broad SMARTS) is 3. The zero-order valence-electron chi connectivity index (χ0n) is 51.3. The van der Waals surface area contributed by atoms with Gasteiger partial charge in [0.25, 0.3) is 0 Å². The minimum atomic E-state index is -4.92. The normalized spacial score (nSPS) is 17.6. The number of aliphatic carboxylic acids is 3. The van der Waals surface area contributed by atoms with Gasteiger partial charge in [0.2, 0.25) is 19.0 Å². The van der Waals surface area contributed by atoms with Crippen molar-refractivity contribution in [1.82, 2.24) is 5.32 Å². The van der Waals surface area contributed by atoms with Crippen LogP contribution in [0.4, 0.5) is 11.4 Å². The molecule has 2 aliphatic heterocycles. The maximum absolute atomic E-state index is 13.0. The molecule has 0 fully saturated rings. The number of rotatable bonds is 30. The second-order valence-electron chi connectivity index (χ2n) is 22.2. The van der Waals surface area contributed by atoms with E-state index >= 15 is 0 Å². The van der Waals surface area contributed by atoms with Crippen LogP contribution >= 0.6 is 7.37 Å². The molecule has 90 heavy (non-hydrogen) atoms. The van der Waals surface area contributed by atoms with Crippen molar-refractivity contribution in [3.63, 3.8) is 0 Å². The summed E-state index contributed by atoms with van der Waals surface area (Å²) in [5.41, 5.74) is 2.59. The number of benzene rings is 3. The van der Waals surface area contributed by atoms with Crippen molar-refractivity contribution < 1.29 is 223 Å². The molecule has 2 unspecified atom stereocenters. The van der Waals surface area contributed by atoms with Crippen molar-refractivity contribution >= 4 is 88.7 Å². The van der Waals surface area contributed by atoms with Crippen LogP contribution in [-0.2, 0) is 75.0 Å². The van der Waals surface area contributed by atoms with E-state index < -0.39 is 146 Å². The third-order valence-corrected chi connectivity index (χ3v) is 20.5. The molecular weight excluding hydrogens is 1320 g/mol. The molecule has 0 aromatic heterocycles. The van der Waals surface area contributed by atoms with Gasteiger partial charge in [-0.25, -0.2) is 38.5 Å². The van der Waals surface area contributed by atoms with E-state index in [1.54, 1.807) is 24.3 Å². The van der Waals surface area contributed by atoms with Gasteiger partial charge in [-0.2, -0.15) is 4.58 Å². The Morgan fingerprint density at radius 3 is 1.87 bits per heavy atom. The van der Waals surface area contributed by atoms with Crippen LogP contribution in [0.3, 0.4) is 0 Å². The third-order valence-electron chi connectivity index (χ3n) is 15.3. The number of fused-ring (bicyclic) bond motifs is 2. The van der Waals surface area contributed by atoms with Gasteiger partial charge in [0.15, 0.2) is 5.71 Å². The fraction of sp³-hybridized carbons (Fsp3) is 0.446. The van der Waals surface area contributed by atoms with Gasteiger partial charge < -0.3 is 58.2 Å². The summed E-state index contributed by atoms with van der Waals surface area (Å²) in [5, 5.41) is 32.4. The molecule has 470 valence electrons. The molecule has 0 saturated heterocycles. The van der Waals surface area contributed by atoms with Gasteiger partial charge in [-0.1, -0.05) is 19.9 Å². The summed E-state index contributed by atoms with van der Waals surface area (Å²) < 4.78 is 165. The molecule has 1 aliphatic carbocycles. The molecule has 25 nitrogen and oxygen atoms in total. The monoisotopic (exact) mass is 1380 g/mol. The van der Waals surface area contributed by atoms with Crippen molar-refractivity contribution in [2.75, 3.05) is 36.1 Å². The van der Waals surface area contributed by atoms with Crippen molar-refractivity contribution in [3.8, 4) is 5.75 Å². The number of hydrogen-bond acceptors (Lipinski definition) is 20. The summed E-state index contributed by atoms with van der Waals surface area (Å²) in [7, 11) is -23.5. The van der Waals surface area contributed by atoms with Crippen molar-refractivity contribution in [2.45, 2.75) is 136 Å². The standard InChI is InChI=1S/C56H70N3O22PS4.4Na/c1-55(2)43-33-41(85(75,76)77)21-23-46(43)58(29-7-5-6-13-50(60)57-45(54(65)66)28-31-82(67,68)35-38(53(63)64)16-27-51(61)62)48(55)25-14-36-11-10-12-37(52(36)81-39-17-19-40(20-18-39)84(72,73)74)15-26-49-56(3,4)44-34-42(86(78,79)80)22-24-47(44)59(49)30-8-9-32-83(69,70)71;;;;/h14-15,17-26,33-34,38,45H,5-13,16,27-32,35H2,1-4H3,(H8-,57,60,61,62,63,64,65,66,67,68,69,70,71,72,73,74,75,76,77,78,79,80);;;;/q;4*+1/p-4/t38?,45-;;;;/m0..../s1. The smallest absolute Gasteiger partial charge is 0.748 e. The Morgan fingerprint density at radius 2 is 1.30 bits per heavy atom. The fourth-order valence-electron chi connectivity index (χ4n) is 10.8. The van der Waals surface area contributed by atoms with Gasteiger partial charge in [0.05, 0.1) is 36.1 Å². The summed E-state index contributed by atoms with van der Waals surface area (Å²) in [6, 6.07) is 11.1. The predicted octanol–water partition coefficient (Wildman–Crippen LogP) is -7.18. The Hall–Kier alpha value is -2.40. The van der Waals surface area contributed by atoms with Gasteiger partial charge in [0, 0.05) is 77.9 Å². The Kier molecular flexibility index (Phi) is 32.1. The summed E-state index contributed by atoms with van der Waals surface area (Å²) in [6.07, 6.45) is 6.42. The topological polar surface area (TPSA) is 425 Å². The molecule has 3 aromatic rings. The largest absolute Gasteiger partial charge is 1.00 e. The number of carbonyl (C=O) groups excluding carboxylic acids is 2. The third kappa shape index (κ3) is 22.9. The average molecular weight is 1380 g/mol. The first kappa shape index (κ1) is 83.7. The minimum Gasteiger partial charge on any atom is -0.748 e. The Bertz CT molecular complexity index is 3860. The van der Waals surface area contributed by atoms with E-state index in [1.807, 2.05) is 37.2 Å². The minimum absolute atomic E-state index is 0. The van der Waals surface area contributed by atoms with Crippen LogP contribution in [0, 0.1) is 5.92 Å². The van der Waals surface area contributed by atoms with Crippen LogP contribution in [0.15, 0.2) is 122 Å². The van der Waals surface area contributed by atoms with Crippen LogP contribution < -0.4 is 138 Å². The summed E-state index contributed by atoms with van der Waals surface area (Å²) in [5.74, 6) is -6.95. The van der Waals surface area contributed by atoms with Crippen LogP contribution in [0.25, 0.3) is 0 Å². The number of amides is 1. The van der Waals surface area contributed by atoms with Crippen molar-refractivity contribution in [3.05, 3.63) is 119 Å². The molecule has 34 heteroatoms. The van der Waals surface area contributed by atoms with Crippen LogP contribution in [0.1, 0.15) is 116 Å². The number of nitrogens with one attached hydrogen (secondary N) is 1. The van der Waals surface area contributed by atoms with E-state index in [0.717, 1.165) is 12.1 Å².